The number of hydrogen-bond acceptors (Lipinski definition) is 5. The van der Waals surface area contributed by atoms with E-state index in [0.29, 0.717) is 12.5 Å². The molecular weight excluding hydrogens is 366 g/mol. The van der Waals surface area contributed by atoms with Crippen LogP contribution < -0.4 is 9.47 Å². The van der Waals surface area contributed by atoms with Crippen LogP contribution in [0, 0.1) is 12.8 Å². The lowest BCUT2D eigenvalue weighted by atomic mass is 9.97. The standard InChI is InChI=1S/C23H29N3O3/c1-17-11-21-23(25-16-24-21)22(12-17)29-15-19(27)13-26-9-7-18(8-10-26)14-28-20-5-3-2-4-6-20/h2-6,11-12,16,18-19,27H,7-10,13-15H2,1H3,(H,24,25). The number of aryl methyl sites for hydroxylation is 1. The molecule has 0 bridgehead atoms. The Balaban J connectivity index is 1.20. The summed E-state index contributed by atoms with van der Waals surface area (Å²) in [5, 5.41) is 10.5. The number of likely N-dealkylation sites (tertiary alicyclic amines) is 1. The molecule has 0 amide bonds. The summed E-state index contributed by atoms with van der Waals surface area (Å²) in [5.74, 6) is 2.22. The van der Waals surface area contributed by atoms with Crippen molar-refractivity contribution in [1.29, 1.82) is 0 Å². The molecule has 1 unspecified atom stereocenters. The van der Waals surface area contributed by atoms with Crippen LogP contribution in [0.25, 0.3) is 11.0 Å². The van der Waals surface area contributed by atoms with Crippen molar-refractivity contribution in [2.45, 2.75) is 25.9 Å². The zero-order valence-electron chi connectivity index (χ0n) is 16.9. The summed E-state index contributed by atoms with van der Waals surface area (Å²) >= 11 is 0. The van der Waals surface area contributed by atoms with Crippen molar-refractivity contribution in [3.05, 3.63) is 54.4 Å². The van der Waals surface area contributed by atoms with E-state index in [1.807, 2.05) is 49.4 Å². The highest BCUT2D eigenvalue weighted by molar-refractivity contribution is 5.82. The van der Waals surface area contributed by atoms with E-state index in [1.165, 1.54) is 0 Å². The van der Waals surface area contributed by atoms with Crippen LogP contribution in [0.3, 0.4) is 0 Å². The number of aliphatic hydroxyl groups excluding tert-OH is 1. The molecule has 1 fully saturated rings. The summed E-state index contributed by atoms with van der Waals surface area (Å²) in [5.41, 5.74) is 2.86. The summed E-state index contributed by atoms with van der Waals surface area (Å²) in [7, 11) is 0. The molecule has 2 aromatic carbocycles. The lowest BCUT2D eigenvalue weighted by Crippen LogP contribution is -2.41. The van der Waals surface area contributed by atoms with E-state index >= 15 is 0 Å². The molecular formula is C23H29N3O3. The van der Waals surface area contributed by atoms with Gasteiger partial charge in [-0.25, -0.2) is 4.98 Å². The lowest BCUT2D eigenvalue weighted by molar-refractivity contribution is 0.0506. The topological polar surface area (TPSA) is 70.6 Å². The Morgan fingerprint density at radius 3 is 2.76 bits per heavy atom. The quantitative estimate of drug-likeness (QED) is 0.612. The highest BCUT2D eigenvalue weighted by atomic mass is 16.5. The van der Waals surface area contributed by atoms with Gasteiger partial charge in [0.25, 0.3) is 0 Å². The maximum atomic E-state index is 10.5. The number of benzene rings is 2. The van der Waals surface area contributed by atoms with Crippen LogP contribution in [0.5, 0.6) is 11.5 Å². The number of ether oxygens (including phenoxy) is 2. The summed E-state index contributed by atoms with van der Waals surface area (Å²) in [6.07, 6.45) is 3.32. The summed E-state index contributed by atoms with van der Waals surface area (Å²) in [6, 6.07) is 14.0. The number of hydrogen-bond donors (Lipinski definition) is 2. The van der Waals surface area contributed by atoms with Gasteiger partial charge >= 0.3 is 0 Å². The number of aromatic nitrogens is 2. The van der Waals surface area contributed by atoms with Crippen molar-refractivity contribution >= 4 is 11.0 Å². The number of aliphatic hydroxyl groups is 1. The molecule has 1 saturated heterocycles. The van der Waals surface area contributed by atoms with Crippen LogP contribution in [-0.2, 0) is 0 Å². The number of nitrogens with one attached hydrogen (secondary N) is 1. The third kappa shape index (κ3) is 5.28. The number of piperidine rings is 1. The monoisotopic (exact) mass is 395 g/mol. The molecule has 4 rings (SSSR count). The van der Waals surface area contributed by atoms with Crippen LogP contribution in [0.4, 0.5) is 0 Å². The van der Waals surface area contributed by atoms with E-state index in [1.54, 1.807) is 6.33 Å². The number of β-amino-alcohol motifs (C(OH)–C–C–N with tert-alkyl or cyclic N) is 1. The number of rotatable bonds is 8. The van der Waals surface area contributed by atoms with Gasteiger partial charge in [0.15, 0.2) is 0 Å². The first-order valence-electron chi connectivity index (χ1n) is 10.3. The molecule has 0 radical (unpaired) electrons. The van der Waals surface area contributed by atoms with Gasteiger partial charge in [0.2, 0.25) is 0 Å². The Labute approximate surface area is 171 Å². The van der Waals surface area contributed by atoms with Crippen molar-refractivity contribution < 1.29 is 14.6 Å². The van der Waals surface area contributed by atoms with E-state index in [9.17, 15) is 5.11 Å². The Bertz CT molecular complexity index is 904. The molecule has 154 valence electrons. The fourth-order valence-electron chi connectivity index (χ4n) is 3.87. The Morgan fingerprint density at radius 2 is 1.97 bits per heavy atom. The zero-order chi connectivity index (χ0) is 20.1. The molecule has 0 saturated carbocycles. The summed E-state index contributed by atoms with van der Waals surface area (Å²) in [4.78, 5) is 9.74. The van der Waals surface area contributed by atoms with Crippen LogP contribution in [0.2, 0.25) is 0 Å². The largest absolute Gasteiger partial charge is 0.493 e. The number of nitrogens with zero attached hydrogens (tertiary/aromatic N) is 2. The van der Waals surface area contributed by atoms with Crippen LogP contribution in [0.15, 0.2) is 48.8 Å². The van der Waals surface area contributed by atoms with Gasteiger partial charge in [-0.05, 0) is 68.6 Å². The predicted molar refractivity (Wildman–Crippen MR) is 113 cm³/mol. The second-order valence-corrected chi connectivity index (χ2v) is 7.89. The molecule has 2 N–H and O–H groups in total. The number of aromatic amines is 1. The number of fused-ring (bicyclic) bond motifs is 1. The minimum atomic E-state index is -0.526. The first-order chi connectivity index (χ1) is 14.2. The first kappa shape index (κ1) is 19.7. The van der Waals surface area contributed by atoms with Crippen molar-refractivity contribution in [3.63, 3.8) is 0 Å². The van der Waals surface area contributed by atoms with Crippen molar-refractivity contribution in [2.24, 2.45) is 5.92 Å². The van der Waals surface area contributed by atoms with E-state index in [2.05, 4.69) is 14.9 Å². The summed E-state index contributed by atoms with van der Waals surface area (Å²) < 4.78 is 11.8. The molecule has 6 heteroatoms. The highest BCUT2D eigenvalue weighted by Gasteiger charge is 2.22. The van der Waals surface area contributed by atoms with Crippen molar-refractivity contribution in [3.8, 4) is 11.5 Å². The molecule has 1 atom stereocenters. The van der Waals surface area contributed by atoms with Crippen molar-refractivity contribution in [1.82, 2.24) is 14.9 Å². The Kier molecular flexibility index (Phi) is 6.32. The highest BCUT2D eigenvalue weighted by Crippen LogP contribution is 2.25. The number of para-hydroxylation sites is 1. The van der Waals surface area contributed by atoms with Gasteiger partial charge in [-0.1, -0.05) is 18.2 Å². The fourth-order valence-corrected chi connectivity index (χ4v) is 3.87. The average molecular weight is 396 g/mol. The van der Waals surface area contributed by atoms with E-state index in [-0.39, 0.29) is 6.61 Å². The van der Waals surface area contributed by atoms with Gasteiger partial charge < -0.3 is 24.5 Å². The molecule has 0 spiro atoms. The Hall–Kier alpha value is -2.57. The number of imidazole rings is 1. The van der Waals surface area contributed by atoms with Gasteiger partial charge in [-0.2, -0.15) is 0 Å². The van der Waals surface area contributed by atoms with Crippen LogP contribution >= 0.6 is 0 Å². The first-order valence-corrected chi connectivity index (χ1v) is 10.3. The van der Waals surface area contributed by atoms with Crippen LogP contribution in [-0.4, -0.2) is 58.9 Å². The molecule has 1 aromatic heterocycles. The maximum absolute atomic E-state index is 10.5. The third-order valence-corrected chi connectivity index (χ3v) is 5.47. The fraction of sp³-hybridized carbons (Fsp3) is 0.435. The Morgan fingerprint density at radius 1 is 1.17 bits per heavy atom. The lowest BCUT2D eigenvalue weighted by Gasteiger charge is -2.33. The average Bonchev–Trinajstić information content (AvgIpc) is 3.21. The normalized spacial score (nSPS) is 16.8. The van der Waals surface area contributed by atoms with Gasteiger partial charge in [-0.15, -0.1) is 0 Å². The maximum Gasteiger partial charge on any atom is 0.147 e. The van der Waals surface area contributed by atoms with Gasteiger partial charge in [-0.3, -0.25) is 0 Å². The van der Waals surface area contributed by atoms with Gasteiger partial charge in [0, 0.05) is 6.54 Å². The summed E-state index contributed by atoms with van der Waals surface area (Å²) in [6.45, 7) is 5.64. The second-order valence-electron chi connectivity index (χ2n) is 7.89. The minimum Gasteiger partial charge on any atom is -0.493 e. The molecule has 1 aliphatic heterocycles. The third-order valence-electron chi connectivity index (χ3n) is 5.47. The van der Waals surface area contributed by atoms with Gasteiger partial charge in [0.05, 0.1) is 18.5 Å². The molecule has 29 heavy (non-hydrogen) atoms. The smallest absolute Gasteiger partial charge is 0.147 e. The SMILES string of the molecule is Cc1cc(OCC(O)CN2CCC(COc3ccccc3)CC2)c2nc[nH]c2c1. The predicted octanol–water partition coefficient (Wildman–Crippen LogP) is 3.40. The van der Waals surface area contributed by atoms with E-state index < -0.39 is 6.10 Å². The molecule has 3 aromatic rings. The molecule has 1 aliphatic rings. The zero-order valence-corrected chi connectivity index (χ0v) is 16.9. The second kappa shape index (κ2) is 9.29. The molecule has 2 heterocycles. The van der Waals surface area contributed by atoms with E-state index in [4.69, 9.17) is 9.47 Å². The van der Waals surface area contributed by atoms with Crippen LogP contribution in [0.1, 0.15) is 18.4 Å². The minimum absolute atomic E-state index is 0.266. The molecule has 6 nitrogen and oxygen atoms in total. The van der Waals surface area contributed by atoms with E-state index in [0.717, 1.165) is 60.6 Å². The molecule has 0 aliphatic carbocycles. The van der Waals surface area contributed by atoms with Crippen molar-refractivity contribution in [2.75, 3.05) is 32.8 Å². The van der Waals surface area contributed by atoms with Gasteiger partial charge in [0.1, 0.15) is 29.7 Å². The number of H-pyrrole nitrogens is 1.